The molecule has 0 fully saturated rings. The zero-order chi connectivity index (χ0) is 20.3. The van der Waals surface area contributed by atoms with Gasteiger partial charge in [-0.25, -0.2) is 14.0 Å². The number of nitrogens with zero attached hydrogens (tertiary/aromatic N) is 2. The van der Waals surface area contributed by atoms with Gasteiger partial charge < -0.3 is 15.2 Å². The SMILES string of the molecule is Cn1c(N)c(C(=O)COC(=O)COc2ccc(F)cc2Br)c(=O)n(C)c1=O. The van der Waals surface area contributed by atoms with Gasteiger partial charge in [-0.2, -0.15) is 0 Å². The Morgan fingerprint density at radius 1 is 1.19 bits per heavy atom. The molecule has 9 nitrogen and oxygen atoms in total. The van der Waals surface area contributed by atoms with Gasteiger partial charge in [0.15, 0.2) is 13.2 Å². The average Bonchev–Trinajstić information content (AvgIpc) is 2.62. The summed E-state index contributed by atoms with van der Waals surface area (Å²) in [5.74, 6) is -2.36. The second kappa shape index (κ2) is 8.16. The molecule has 11 heteroatoms. The van der Waals surface area contributed by atoms with Crippen LogP contribution in [-0.4, -0.2) is 34.1 Å². The van der Waals surface area contributed by atoms with E-state index in [9.17, 15) is 23.6 Å². The normalized spacial score (nSPS) is 10.5. The van der Waals surface area contributed by atoms with Crippen LogP contribution in [0.1, 0.15) is 10.4 Å². The molecule has 0 spiro atoms. The summed E-state index contributed by atoms with van der Waals surface area (Å²) in [6.07, 6.45) is 0. The lowest BCUT2D eigenvalue weighted by Crippen LogP contribution is -2.42. The zero-order valence-corrected chi connectivity index (χ0v) is 15.9. The van der Waals surface area contributed by atoms with Crippen LogP contribution in [0.5, 0.6) is 5.75 Å². The molecule has 0 bridgehead atoms. The number of rotatable bonds is 6. The highest BCUT2D eigenvalue weighted by Crippen LogP contribution is 2.25. The summed E-state index contributed by atoms with van der Waals surface area (Å²) in [7, 11) is 2.50. The largest absolute Gasteiger partial charge is 0.481 e. The number of anilines is 1. The third-order valence-corrected chi connectivity index (χ3v) is 4.21. The Hall–Kier alpha value is -2.95. The third kappa shape index (κ3) is 4.42. The lowest BCUT2D eigenvalue weighted by molar-refractivity contribution is -0.144. The number of carbonyl (C=O) groups is 2. The summed E-state index contributed by atoms with van der Waals surface area (Å²) >= 11 is 3.08. The summed E-state index contributed by atoms with van der Waals surface area (Å²) in [6.45, 7) is -1.30. The Bertz CT molecular complexity index is 1030. The van der Waals surface area contributed by atoms with Crippen LogP contribution in [0.15, 0.2) is 32.3 Å². The number of esters is 1. The van der Waals surface area contributed by atoms with E-state index in [1.54, 1.807) is 0 Å². The molecule has 0 aliphatic rings. The number of aromatic nitrogens is 2. The van der Waals surface area contributed by atoms with E-state index in [1.165, 1.54) is 20.2 Å². The maximum Gasteiger partial charge on any atom is 0.344 e. The van der Waals surface area contributed by atoms with E-state index in [2.05, 4.69) is 15.9 Å². The highest BCUT2D eigenvalue weighted by Gasteiger charge is 2.21. The Morgan fingerprint density at radius 2 is 1.85 bits per heavy atom. The number of hydrogen-bond donors (Lipinski definition) is 1. The van der Waals surface area contributed by atoms with Crippen LogP contribution in [0.3, 0.4) is 0 Å². The average molecular weight is 444 g/mol. The zero-order valence-electron chi connectivity index (χ0n) is 14.3. The molecule has 0 saturated carbocycles. The van der Waals surface area contributed by atoms with Gasteiger partial charge in [-0.1, -0.05) is 0 Å². The number of halogens is 2. The summed E-state index contributed by atoms with van der Waals surface area (Å²) in [5.41, 5.74) is 3.63. The molecule has 2 N–H and O–H groups in total. The number of ketones is 1. The van der Waals surface area contributed by atoms with Crippen LogP contribution < -0.4 is 21.7 Å². The number of nitrogens with two attached hydrogens (primary N) is 1. The van der Waals surface area contributed by atoms with Gasteiger partial charge in [0.05, 0.1) is 4.47 Å². The first-order valence-electron chi connectivity index (χ1n) is 7.45. The lowest BCUT2D eigenvalue weighted by atomic mass is 10.2. The molecule has 0 atom stereocenters. The number of Topliss-reactive ketones (excluding diaryl/α,β-unsaturated/α-hetero) is 1. The molecular formula is C16H15BrFN3O6. The standard InChI is InChI=1S/C16H15BrFN3O6/c1-20-14(19)13(15(24)21(2)16(20)25)10(22)6-27-12(23)7-26-11-4-3-8(18)5-9(11)17/h3-5H,6-7,19H2,1-2H3. The summed E-state index contributed by atoms with van der Waals surface area (Å²) < 4.78 is 24.9. The van der Waals surface area contributed by atoms with E-state index in [0.29, 0.717) is 4.47 Å². The highest BCUT2D eigenvalue weighted by atomic mass is 79.9. The fourth-order valence-corrected chi connectivity index (χ4v) is 2.58. The van der Waals surface area contributed by atoms with Crippen molar-refractivity contribution in [3.8, 4) is 5.75 Å². The monoisotopic (exact) mass is 443 g/mol. The van der Waals surface area contributed by atoms with Crippen LogP contribution in [0.2, 0.25) is 0 Å². The molecule has 0 aliphatic carbocycles. The highest BCUT2D eigenvalue weighted by molar-refractivity contribution is 9.10. The molecule has 1 aromatic carbocycles. The maximum atomic E-state index is 13.0. The molecule has 144 valence electrons. The van der Waals surface area contributed by atoms with E-state index >= 15 is 0 Å². The lowest BCUT2D eigenvalue weighted by Gasteiger charge is -2.11. The number of carbonyl (C=O) groups excluding carboxylic acids is 2. The van der Waals surface area contributed by atoms with Crippen molar-refractivity contribution in [2.24, 2.45) is 14.1 Å². The first-order chi connectivity index (χ1) is 12.6. The van der Waals surface area contributed by atoms with E-state index < -0.39 is 47.6 Å². The van der Waals surface area contributed by atoms with Gasteiger partial charge in [0.2, 0.25) is 5.78 Å². The van der Waals surface area contributed by atoms with Crippen LogP contribution >= 0.6 is 15.9 Å². The molecule has 0 radical (unpaired) electrons. The minimum Gasteiger partial charge on any atom is -0.481 e. The van der Waals surface area contributed by atoms with Crippen molar-refractivity contribution in [1.29, 1.82) is 0 Å². The predicted molar refractivity (Wildman–Crippen MR) is 96.2 cm³/mol. The predicted octanol–water partition coefficient (Wildman–Crippen LogP) is 0.373. The van der Waals surface area contributed by atoms with Gasteiger partial charge in [0.25, 0.3) is 5.56 Å². The second-order valence-corrected chi connectivity index (χ2v) is 6.27. The smallest absolute Gasteiger partial charge is 0.344 e. The third-order valence-electron chi connectivity index (χ3n) is 3.59. The van der Waals surface area contributed by atoms with Crippen LogP contribution in [0, 0.1) is 5.82 Å². The molecular weight excluding hydrogens is 429 g/mol. The fraction of sp³-hybridized carbons (Fsp3) is 0.250. The Morgan fingerprint density at radius 3 is 2.48 bits per heavy atom. The quantitative estimate of drug-likeness (QED) is 0.505. The van der Waals surface area contributed by atoms with E-state index in [-0.39, 0.29) is 11.6 Å². The molecule has 2 aromatic rings. The first kappa shape index (κ1) is 20.4. The van der Waals surface area contributed by atoms with Crippen molar-refractivity contribution in [1.82, 2.24) is 9.13 Å². The maximum absolute atomic E-state index is 13.0. The molecule has 1 aromatic heterocycles. The Balaban J connectivity index is 2.03. The minimum absolute atomic E-state index is 0.204. The topological polar surface area (TPSA) is 123 Å². The van der Waals surface area contributed by atoms with Gasteiger partial charge >= 0.3 is 11.7 Å². The summed E-state index contributed by atoms with van der Waals surface area (Å²) in [5, 5.41) is 0. The van der Waals surface area contributed by atoms with Crippen molar-refractivity contribution in [2.75, 3.05) is 18.9 Å². The number of nitrogen functional groups attached to an aromatic ring is 1. The van der Waals surface area contributed by atoms with Crippen molar-refractivity contribution < 1.29 is 23.5 Å². The van der Waals surface area contributed by atoms with Gasteiger partial charge in [-0.3, -0.25) is 18.7 Å². The minimum atomic E-state index is -0.889. The van der Waals surface area contributed by atoms with Crippen molar-refractivity contribution in [3.63, 3.8) is 0 Å². The number of hydrogen-bond acceptors (Lipinski definition) is 7. The second-order valence-electron chi connectivity index (χ2n) is 5.41. The molecule has 0 amide bonds. The van der Waals surface area contributed by atoms with E-state index in [4.69, 9.17) is 15.2 Å². The van der Waals surface area contributed by atoms with Crippen LogP contribution in [-0.2, 0) is 23.6 Å². The number of ether oxygens (including phenoxy) is 2. The summed E-state index contributed by atoms with van der Waals surface area (Å²) in [6, 6.07) is 3.61. The van der Waals surface area contributed by atoms with Gasteiger partial charge in [0.1, 0.15) is 22.9 Å². The molecule has 2 rings (SSSR count). The summed E-state index contributed by atoms with van der Waals surface area (Å²) in [4.78, 5) is 47.7. The first-order valence-corrected chi connectivity index (χ1v) is 8.25. The van der Waals surface area contributed by atoms with E-state index in [0.717, 1.165) is 21.3 Å². The van der Waals surface area contributed by atoms with Crippen molar-refractivity contribution in [2.45, 2.75) is 0 Å². The van der Waals surface area contributed by atoms with Crippen molar-refractivity contribution in [3.05, 3.63) is 54.9 Å². The molecule has 0 saturated heterocycles. The molecule has 0 aliphatic heterocycles. The van der Waals surface area contributed by atoms with Gasteiger partial charge in [0, 0.05) is 14.1 Å². The molecule has 0 unspecified atom stereocenters. The molecule has 27 heavy (non-hydrogen) atoms. The van der Waals surface area contributed by atoms with E-state index in [1.807, 2.05) is 0 Å². The van der Waals surface area contributed by atoms with Gasteiger partial charge in [-0.15, -0.1) is 0 Å². The molecule has 1 heterocycles. The Labute approximate surface area is 160 Å². The van der Waals surface area contributed by atoms with Gasteiger partial charge in [-0.05, 0) is 34.1 Å². The van der Waals surface area contributed by atoms with Crippen LogP contribution in [0.25, 0.3) is 0 Å². The number of benzene rings is 1. The van der Waals surface area contributed by atoms with Crippen LogP contribution in [0.4, 0.5) is 10.2 Å². The van der Waals surface area contributed by atoms with Crippen molar-refractivity contribution >= 4 is 33.5 Å². The fourth-order valence-electron chi connectivity index (χ4n) is 2.11. The Kier molecular flexibility index (Phi) is 6.16.